The second kappa shape index (κ2) is 8.01. The van der Waals surface area contributed by atoms with Gasteiger partial charge in [-0.15, -0.1) is 11.3 Å². The highest BCUT2D eigenvalue weighted by molar-refractivity contribution is 7.11. The van der Waals surface area contributed by atoms with Crippen molar-refractivity contribution >= 4 is 40.6 Å². The Bertz CT molecular complexity index is 887. The molecule has 0 atom stereocenters. The summed E-state index contributed by atoms with van der Waals surface area (Å²) in [5.41, 5.74) is 1.88. The van der Waals surface area contributed by atoms with Crippen LogP contribution in [0.4, 0.5) is 0 Å². The van der Waals surface area contributed by atoms with Crippen molar-refractivity contribution in [2.45, 2.75) is 6.61 Å². The summed E-state index contributed by atoms with van der Waals surface area (Å²) >= 11 is 7.47. The molecule has 0 spiro atoms. The van der Waals surface area contributed by atoms with Gasteiger partial charge in [-0.05, 0) is 41.3 Å². The molecule has 3 nitrogen and oxygen atoms in total. The SMILES string of the molecule is O=C(O)/C(=C\c1cc(Cl)ccc1OCc1ccccc1)c1cccs1. The first-order chi connectivity index (χ1) is 12.1. The summed E-state index contributed by atoms with van der Waals surface area (Å²) in [6.07, 6.45) is 1.60. The molecule has 0 radical (unpaired) electrons. The van der Waals surface area contributed by atoms with Crippen molar-refractivity contribution in [3.05, 3.63) is 87.1 Å². The number of aliphatic carboxylic acids is 1. The molecule has 1 N–H and O–H groups in total. The van der Waals surface area contributed by atoms with Gasteiger partial charge in [0.05, 0.1) is 5.57 Å². The van der Waals surface area contributed by atoms with Crippen LogP contribution in [0, 0.1) is 0 Å². The Hall–Kier alpha value is -2.56. The summed E-state index contributed by atoms with van der Waals surface area (Å²) in [6, 6.07) is 18.6. The largest absolute Gasteiger partial charge is 0.488 e. The molecule has 0 bridgehead atoms. The number of carboxylic acid groups (broad SMARTS) is 1. The van der Waals surface area contributed by atoms with Gasteiger partial charge in [-0.1, -0.05) is 48.0 Å². The highest BCUT2D eigenvalue weighted by atomic mass is 35.5. The van der Waals surface area contributed by atoms with Gasteiger partial charge in [0.15, 0.2) is 0 Å². The summed E-state index contributed by atoms with van der Waals surface area (Å²) < 4.78 is 5.88. The van der Waals surface area contributed by atoms with Crippen LogP contribution in [0.15, 0.2) is 66.0 Å². The van der Waals surface area contributed by atoms with Crippen LogP contribution in [0.1, 0.15) is 16.0 Å². The molecule has 0 unspecified atom stereocenters. The minimum absolute atomic E-state index is 0.210. The average molecular weight is 371 g/mol. The van der Waals surface area contributed by atoms with Crippen LogP contribution in [0.25, 0.3) is 11.6 Å². The zero-order valence-electron chi connectivity index (χ0n) is 13.2. The quantitative estimate of drug-likeness (QED) is 0.574. The first-order valence-corrected chi connectivity index (χ1v) is 8.84. The first-order valence-electron chi connectivity index (χ1n) is 7.58. The van der Waals surface area contributed by atoms with Gasteiger partial charge < -0.3 is 9.84 Å². The van der Waals surface area contributed by atoms with Gasteiger partial charge in [0, 0.05) is 15.5 Å². The fourth-order valence-electron chi connectivity index (χ4n) is 2.32. The van der Waals surface area contributed by atoms with Gasteiger partial charge >= 0.3 is 5.97 Å². The van der Waals surface area contributed by atoms with Gasteiger partial charge in [0.25, 0.3) is 0 Å². The van der Waals surface area contributed by atoms with E-state index in [1.165, 1.54) is 11.3 Å². The van der Waals surface area contributed by atoms with Crippen LogP contribution in [-0.4, -0.2) is 11.1 Å². The van der Waals surface area contributed by atoms with Crippen molar-refractivity contribution in [1.29, 1.82) is 0 Å². The molecule has 0 aliphatic rings. The Labute approximate surface area is 154 Å². The minimum atomic E-state index is -0.989. The smallest absolute Gasteiger partial charge is 0.337 e. The van der Waals surface area contributed by atoms with E-state index in [1.54, 1.807) is 30.3 Å². The Morgan fingerprint density at radius 1 is 1.12 bits per heavy atom. The van der Waals surface area contributed by atoms with Gasteiger partial charge in [-0.3, -0.25) is 0 Å². The lowest BCUT2D eigenvalue weighted by Gasteiger charge is -2.11. The van der Waals surface area contributed by atoms with Gasteiger partial charge in [-0.25, -0.2) is 4.79 Å². The van der Waals surface area contributed by atoms with E-state index in [1.807, 2.05) is 41.8 Å². The molecule has 0 fully saturated rings. The third kappa shape index (κ3) is 4.50. The predicted molar refractivity (Wildman–Crippen MR) is 102 cm³/mol. The fraction of sp³-hybridized carbons (Fsp3) is 0.0500. The zero-order chi connectivity index (χ0) is 17.6. The third-order valence-corrected chi connectivity index (χ3v) is 4.66. The van der Waals surface area contributed by atoms with E-state index in [0.717, 1.165) is 5.56 Å². The van der Waals surface area contributed by atoms with Crippen molar-refractivity contribution in [2.75, 3.05) is 0 Å². The first kappa shape index (κ1) is 17.3. The molecule has 5 heteroatoms. The summed E-state index contributed by atoms with van der Waals surface area (Å²) in [7, 11) is 0. The summed E-state index contributed by atoms with van der Waals surface area (Å²) in [4.78, 5) is 12.3. The van der Waals surface area contributed by atoms with E-state index >= 15 is 0 Å². The molecule has 1 heterocycles. The molecule has 2 aromatic carbocycles. The lowest BCUT2D eigenvalue weighted by molar-refractivity contribution is -0.130. The molecular weight excluding hydrogens is 356 g/mol. The van der Waals surface area contributed by atoms with Gasteiger partial charge in [-0.2, -0.15) is 0 Å². The number of rotatable bonds is 6. The maximum absolute atomic E-state index is 11.6. The zero-order valence-corrected chi connectivity index (χ0v) is 14.8. The number of hydrogen-bond donors (Lipinski definition) is 1. The van der Waals surface area contributed by atoms with Crippen molar-refractivity contribution in [3.8, 4) is 5.75 Å². The Morgan fingerprint density at radius 3 is 2.60 bits per heavy atom. The molecule has 0 saturated heterocycles. The number of benzene rings is 2. The van der Waals surface area contributed by atoms with Crippen LogP contribution in [0.2, 0.25) is 5.02 Å². The lowest BCUT2D eigenvalue weighted by atomic mass is 10.1. The summed E-state index contributed by atoms with van der Waals surface area (Å²) in [6.45, 7) is 0.394. The standard InChI is InChI=1S/C20H15ClO3S/c21-16-8-9-18(24-13-14-5-2-1-3-6-14)15(11-16)12-17(20(22)23)19-7-4-10-25-19/h1-12H,13H2,(H,22,23)/b17-12-. The highest BCUT2D eigenvalue weighted by Crippen LogP contribution is 2.30. The summed E-state index contributed by atoms with van der Waals surface area (Å²) in [5.74, 6) is -0.403. The molecule has 25 heavy (non-hydrogen) atoms. The Kier molecular flexibility index (Phi) is 5.53. The van der Waals surface area contributed by atoms with Crippen molar-refractivity contribution in [3.63, 3.8) is 0 Å². The van der Waals surface area contributed by atoms with E-state index in [4.69, 9.17) is 16.3 Å². The van der Waals surface area contributed by atoms with Crippen LogP contribution in [0.5, 0.6) is 5.75 Å². The molecule has 0 amide bonds. The normalized spacial score (nSPS) is 11.3. The Morgan fingerprint density at radius 2 is 1.92 bits per heavy atom. The van der Waals surface area contributed by atoms with E-state index < -0.39 is 5.97 Å². The molecule has 126 valence electrons. The maximum Gasteiger partial charge on any atom is 0.337 e. The minimum Gasteiger partial charge on any atom is -0.488 e. The lowest BCUT2D eigenvalue weighted by Crippen LogP contribution is -2.00. The number of ether oxygens (including phenoxy) is 1. The maximum atomic E-state index is 11.6. The number of carboxylic acids is 1. The fourth-order valence-corrected chi connectivity index (χ4v) is 3.24. The van der Waals surface area contributed by atoms with Crippen LogP contribution < -0.4 is 4.74 Å². The monoisotopic (exact) mass is 370 g/mol. The number of thiophene rings is 1. The predicted octanol–water partition coefficient (Wildman–Crippen LogP) is 5.61. The molecule has 0 saturated carbocycles. The van der Waals surface area contributed by atoms with E-state index in [9.17, 15) is 9.90 Å². The van der Waals surface area contributed by atoms with Gasteiger partial charge in [0.2, 0.25) is 0 Å². The van der Waals surface area contributed by atoms with E-state index in [0.29, 0.717) is 27.8 Å². The van der Waals surface area contributed by atoms with E-state index in [-0.39, 0.29) is 5.57 Å². The second-order valence-electron chi connectivity index (χ2n) is 5.30. The van der Waals surface area contributed by atoms with Crippen LogP contribution >= 0.6 is 22.9 Å². The van der Waals surface area contributed by atoms with Crippen molar-refractivity contribution in [2.24, 2.45) is 0 Å². The molecule has 0 aliphatic heterocycles. The molecule has 3 rings (SSSR count). The van der Waals surface area contributed by atoms with Crippen LogP contribution in [0.3, 0.4) is 0 Å². The molecule has 0 aliphatic carbocycles. The number of carbonyl (C=O) groups is 1. The number of halogens is 1. The highest BCUT2D eigenvalue weighted by Gasteiger charge is 2.13. The Balaban J connectivity index is 1.93. The van der Waals surface area contributed by atoms with Crippen molar-refractivity contribution < 1.29 is 14.6 Å². The topological polar surface area (TPSA) is 46.5 Å². The summed E-state index contributed by atoms with van der Waals surface area (Å²) in [5, 5.41) is 11.9. The second-order valence-corrected chi connectivity index (χ2v) is 6.68. The van der Waals surface area contributed by atoms with Crippen LogP contribution in [-0.2, 0) is 11.4 Å². The molecule has 1 aromatic heterocycles. The molecular formula is C20H15ClO3S. The number of hydrogen-bond acceptors (Lipinski definition) is 3. The average Bonchev–Trinajstić information content (AvgIpc) is 3.13. The van der Waals surface area contributed by atoms with E-state index in [2.05, 4.69) is 0 Å². The third-order valence-electron chi connectivity index (χ3n) is 3.53. The van der Waals surface area contributed by atoms with Crippen molar-refractivity contribution in [1.82, 2.24) is 0 Å². The van der Waals surface area contributed by atoms with Gasteiger partial charge in [0.1, 0.15) is 12.4 Å². The molecule has 3 aromatic rings.